The van der Waals surface area contributed by atoms with Crippen molar-refractivity contribution >= 4 is 27.0 Å². The molecule has 1 atom stereocenters. The first-order valence-corrected chi connectivity index (χ1v) is 11.9. The van der Waals surface area contributed by atoms with E-state index in [2.05, 4.69) is 19.6 Å². The van der Waals surface area contributed by atoms with Gasteiger partial charge in [0.2, 0.25) is 10.0 Å². The third kappa shape index (κ3) is 5.30. The number of sulfonamides is 1. The number of ether oxygens (including phenoxy) is 1. The van der Waals surface area contributed by atoms with Gasteiger partial charge in [0.1, 0.15) is 0 Å². The highest BCUT2D eigenvalue weighted by atomic mass is 32.2. The molecule has 1 aromatic heterocycles. The standard InChI is InChI=1S/C22H26N4O4S/c27-22(23-11-5-12-26-16-24-20-9-1-2-10-21(20)26)17-6-3-8-19(14-17)31(28,29)25-15-18-7-4-13-30-18/h1-3,6,8-10,14,16,18,25H,4-5,7,11-13,15H2,(H,23,27)/t18-/m1/s1. The number of imidazole rings is 1. The molecule has 1 fully saturated rings. The van der Waals surface area contributed by atoms with Crippen LogP contribution >= 0.6 is 0 Å². The first-order valence-electron chi connectivity index (χ1n) is 10.4. The molecule has 9 heteroatoms. The summed E-state index contributed by atoms with van der Waals surface area (Å²) >= 11 is 0. The highest BCUT2D eigenvalue weighted by Gasteiger charge is 2.21. The van der Waals surface area contributed by atoms with Crippen molar-refractivity contribution in [1.29, 1.82) is 0 Å². The quantitative estimate of drug-likeness (QED) is 0.495. The Bertz CT molecular complexity index is 1150. The Kier molecular flexibility index (Phi) is 6.64. The number of carbonyl (C=O) groups excluding carboxylic acids is 1. The number of fused-ring (bicyclic) bond motifs is 1. The number of aryl methyl sites for hydroxylation is 1. The molecule has 0 bridgehead atoms. The van der Waals surface area contributed by atoms with Crippen molar-refractivity contribution in [3.8, 4) is 0 Å². The minimum atomic E-state index is -3.70. The zero-order chi connectivity index (χ0) is 21.7. The van der Waals surface area contributed by atoms with E-state index in [1.165, 1.54) is 12.1 Å². The SMILES string of the molecule is O=C(NCCCn1cnc2ccccc21)c1cccc(S(=O)(=O)NC[C@H]2CCCO2)c1. The zero-order valence-corrected chi connectivity index (χ0v) is 18.0. The van der Waals surface area contributed by atoms with Crippen LogP contribution in [0.15, 0.2) is 59.8 Å². The van der Waals surface area contributed by atoms with E-state index in [1.54, 1.807) is 18.5 Å². The fourth-order valence-corrected chi connectivity index (χ4v) is 4.75. The molecule has 4 rings (SSSR count). The van der Waals surface area contributed by atoms with Gasteiger partial charge in [-0.1, -0.05) is 18.2 Å². The van der Waals surface area contributed by atoms with Crippen molar-refractivity contribution in [2.45, 2.75) is 36.8 Å². The lowest BCUT2D eigenvalue weighted by atomic mass is 10.2. The predicted molar refractivity (Wildman–Crippen MR) is 117 cm³/mol. The maximum atomic E-state index is 12.6. The summed E-state index contributed by atoms with van der Waals surface area (Å²) < 4.78 is 35.2. The second-order valence-corrected chi connectivity index (χ2v) is 9.32. The lowest BCUT2D eigenvalue weighted by Gasteiger charge is -2.12. The summed E-state index contributed by atoms with van der Waals surface area (Å²) in [6.07, 6.45) is 4.23. The van der Waals surface area contributed by atoms with Gasteiger partial charge < -0.3 is 14.6 Å². The third-order valence-electron chi connectivity index (χ3n) is 5.32. The van der Waals surface area contributed by atoms with E-state index in [-0.39, 0.29) is 23.5 Å². The molecular weight excluding hydrogens is 416 g/mol. The molecule has 1 amide bonds. The van der Waals surface area contributed by atoms with Crippen LogP contribution < -0.4 is 10.0 Å². The summed E-state index contributed by atoms with van der Waals surface area (Å²) in [5, 5.41) is 2.86. The van der Waals surface area contributed by atoms with Crippen LogP contribution in [0.2, 0.25) is 0 Å². The predicted octanol–water partition coefficient (Wildman–Crippen LogP) is 2.31. The number of para-hydroxylation sites is 2. The van der Waals surface area contributed by atoms with Crippen LogP contribution in [0, 0.1) is 0 Å². The fourth-order valence-electron chi connectivity index (χ4n) is 3.64. The van der Waals surface area contributed by atoms with Gasteiger partial charge in [0.25, 0.3) is 5.91 Å². The van der Waals surface area contributed by atoms with E-state index in [0.717, 1.165) is 36.8 Å². The highest BCUT2D eigenvalue weighted by Crippen LogP contribution is 2.15. The number of benzene rings is 2. The number of hydrogen-bond acceptors (Lipinski definition) is 5. The van der Waals surface area contributed by atoms with E-state index >= 15 is 0 Å². The summed E-state index contributed by atoms with van der Waals surface area (Å²) in [6, 6.07) is 14.0. The number of carbonyl (C=O) groups is 1. The number of aromatic nitrogens is 2. The Balaban J connectivity index is 1.30. The molecule has 0 spiro atoms. The normalized spacial score (nSPS) is 16.6. The molecule has 8 nitrogen and oxygen atoms in total. The molecule has 2 N–H and O–H groups in total. The average molecular weight is 443 g/mol. The monoisotopic (exact) mass is 442 g/mol. The summed E-state index contributed by atoms with van der Waals surface area (Å²) in [7, 11) is -3.70. The van der Waals surface area contributed by atoms with Gasteiger partial charge >= 0.3 is 0 Å². The van der Waals surface area contributed by atoms with Gasteiger partial charge in [-0.3, -0.25) is 4.79 Å². The second kappa shape index (κ2) is 9.59. The van der Waals surface area contributed by atoms with E-state index in [1.807, 2.05) is 24.3 Å². The van der Waals surface area contributed by atoms with Crippen molar-refractivity contribution in [2.75, 3.05) is 19.7 Å². The van der Waals surface area contributed by atoms with Crippen molar-refractivity contribution < 1.29 is 17.9 Å². The van der Waals surface area contributed by atoms with Crippen LogP contribution in [0.4, 0.5) is 0 Å². The molecule has 2 aromatic carbocycles. The van der Waals surface area contributed by atoms with Crippen LogP contribution in [0.5, 0.6) is 0 Å². The second-order valence-electron chi connectivity index (χ2n) is 7.55. The summed E-state index contributed by atoms with van der Waals surface area (Å²) in [5.41, 5.74) is 2.31. The minimum Gasteiger partial charge on any atom is -0.377 e. The van der Waals surface area contributed by atoms with Gasteiger partial charge in [0.15, 0.2) is 0 Å². The van der Waals surface area contributed by atoms with Crippen LogP contribution in [0.25, 0.3) is 11.0 Å². The Morgan fingerprint density at radius 1 is 1.19 bits per heavy atom. The van der Waals surface area contributed by atoms with Gasteiger partial charge in [-0.25, -0.2) is 18.1 Å². The Morgan fingerprint density at radius 3 is 2.90 bits per heavy atom. The van der Waals surface area contributed by atoms with Gasteiger partial charge in [0.05, 0.1) is 28.4 Å². The van der Waals surface area contributed by atoms with E-state index in [4.69, 9.17) is 4.74 Å². The van der Waals surface area contributed by atoms with E-state index in [9.17, 15) is 13.2 Å². The largest absolute Gasteiger partial charge is 0.377 e. The minimum absolute atomic E-state index is 0.0723. The van der Waals surface area contributed by atoms with Crippen LogP contribution in [0.3, 0.4) is 0 Å². The van der Waals surface area contributed by atoms with Gasteiger partial charge in [-0.15, -0.1) is 0 Å². The van der Waals surface area contributed by atoms with Crippen LogP contribution in [-0.4, -0.2) is 49.7 Å². The molecule has 0 radical (unpaired) electrons. The van der Waals surface area contributed by atoms with Crippen molar-refractivity contribution in [2.24, 2.45) is 0 Å². The smallest absolute Gasteiger partial charge is 0.251 e. The Labute approximate surface area is 181 Å². The number of amides is 1. The molecule has 0 aliphatic carbocycles. The number of rotatable bonds is 9. The van der Waals surface area contributed by atoms with E-state index in [0.29, 0.717) is 18.7 Å². The lowest BCUT2D eigenvalue weighted by Crippen LogP contribution is -2.32. The average Bonchev–Trinajstić information content (AvgIpc) is 3.45. The molecule has 1 saturated heterocycles. The molecule has 0 unspecified atom stereocenters. The van der Waals surface area contributed by atoms with Crippen molar-refractivity contribution in [3.05, 3.63) is 60.4 Å². The Hall–Kier alpha value is -2.75. The van der Waals surface area contributed by atoms with Gasteiger partial charge in [0, 0.05) is 31.8 Å². The molecule has 1 aliphatic rings. The van der Waals surface area contributed by atoms with Crippen LogP contribution in [0.1, 0.15) is 29.6 Å². The van der Waals surface area contributed by atoms with Crippen molar-refractivity contribution in [3.63, 3.8) is 0 Å². The van der Waals surface area contributed by atoms with E-state index < -0.39 is 10.0 Å². The topological polar surface area (TPSA) is 102 Å². The molecule has 3 aromatic rings. The molecule has 164 valence electrons. The molecule has 31 heavy (non-hydrogen) atoms. The fraction of sp³-hybridized carbons (Fsp3) is 0.364. The van der Waals surface area contributed by atoms with Crippen molar-refractivity contribution in [1.82, 2.24) is 19.6 Å². The highest BCUT2D eigenvalue weighted by molar-refractivity contribution is 7.89. The molecule has 2 heterocycles. The zero-order valence-electron chi connectivity index (χ0n) is 17.2. The first-order chi connectivity index (χ1) is 15.0. The number of nitrogens with zero attached hydrogens (tertiary/aromatic N) is 2. The Morgan fingerprint density at radius 2 is 2.06 bits per heavy atom. The lowest BCUT2D eigenvalue weighted by molar-refractivity contribution is 0.0952. The number of nitrogens with one attached hydrogen (secondary N) is 2. The molecule has 1 aliphatic heterocycles. The van der Waals surface area contributed by atoms with Gasteiger partial charge in [-0.05, 0) is 49.6 Å². The summed E-state index contributed by atoms with van der Waals surface area (Å²) in [5.74, 6) is -0.299. The number of hydrogen-bond donors (Lipinski definition) is 2. The molecule has 0 saturated carbocycles. The maximum Gasteiger partial charge on any atom is 0.251 e. The third-order valence-corrected chi connectivity index (χ3v) is 6.74. The maximum absolute atomic E-state index is 12.6. The summed E-state index contributed by atoms with van der Waals surface area (Å²) in [4.78, 5) is 16.9. The molecular formula is C22H26N4O4S. The van der Waals surface area contributed by atoms with Crippen LogP contribution in [-0.2, 0) is 21.3 Å². The summed E-state index contributed by atoms with van der Waals surface area (Å²) in [6.45, 7) is 2.10. The van der Waals surface area contributed by atoms with Gasteiger partial charge in [-0.2, -0.15) is 0 Å². The first kappa shape index (κ1) is 21.5.